The minimum atomic E-state index is 0.173. The van der Waals surface area contributed by atoms with Gasteiger partial charge in [0.15, 0.2) is 11.5 Å². The second-order valence-corrected chi connectivity index (χ2v) is 6.86. The van der Waals surface area contributed by atoms with Crippen molar-refractivity contribution in [3.63, 3.8) is 0 Å². The molecule has 0 amide bonds. The first-order valence-corrected chi connectivity index (χ1v) is 10.4. The lowest BCUT2D eigenvalue weighted by Crippen LogP contribution is -1.99. The molecule has 0 aliphatic rings. The molecule has 1 N–H and O–H groups in total. The molecular weight excluding hydrogens is 312 g/mol. The number of unbranched alkanes of at least 4 members (excludes halogenated alkanes) is 10. The average molecular weight is 351 g/mol. The van der Waals surface area contributed by atoms with Gasteiger partial charge in [0.1, 0.15) is 5.75 Å². The summed E-state index contributed by atoms with van der Waals surface area (Å²) in [6, 6.07) is 5.35. The Morgan fingerprint density at radius 1 is 0.680 bits per heavy atom. The molecule has 0 saturated carbocycles. The van der Waals surface area contributed by atoms with Crippen molar-refractivity contribution < 1.29 is 14.6 Å². The Kier molecular flexibility index (Phi) is 12.9. The Morgan fingerprint density at radius 3 is 1.76 bits per heavy atom. The van der Waals surface area contributed by atoms with E-state index in [1.807, 2.05) is 12.1 Å². The average Bonchev–Trinajstić information content (AvgIpc) is 2.61. The number of hydrogen-bond acceptors (Lipinski definition) is 3. The van der Waals surface area contributed by atoms with Crippen LogP contribution in [0.3, 0.4) is 0 Å². The summed E-state index contributed by atoms with van der Waals surface area (Å²) in [5.74, 6) is 1.45. The van der Waals surface area contributed by atoms with Crippen LogP contribution in [0.1, 0.15) is 90.9 Å². The minimum Gasteiger partial charge on any atom is -0.504 e. The van der Waals surface area contributed by atoms with Crippen LogP contribution in [0, 0.1) is 0 Å². The monoisotopic (exact) mass is 350 g/mol. The molecule has 1 aromatic rings. The molecule has 0 fully saturated rings. The van der Waals surface area contributed by atoms with E-state index in [1.165, 1.54) is 64.2 Å². The summed E-state index contributed by atoms with van der Waals surface area (Å²) < 4.78 is 11.4. The van der Waals surface area contributed by atoms with Crippen molar-refractivity contribution in [3.05, 3.63) is 18.2 Å². The van der Waals surface area contributed by atoms with E-state index in [2.05, 4.69) is 13.8 Å². The molecule has 0 saturated heterocycles. The summed E-state index contributed by atoms with van der Waals surface area (Å²) in [4.78, 5) is 0. The number of aromatic hydroxyl groups is 1. The van der Waals surface area contributed by atoms with Crippen molar-refractivity contribution in [3.8, 4) is 17.2 Å². The second-order valence-electron chi connectivity index (χ2n) is 6.86. The number of rotatable bonds is 16. The van der Waals surface area contributed by atoms with Crippen molar-refractivity contribution in [2.45, 2.75) is 90.9 Å². The van der Waals surface area contributed by atoms with Crippen molar-refractivity contribution in [1.29, 1.82) is 0 Å². The number of hydrogen-bond donors (Lipinski definition) is 1. The fraction of sp³-hybridized carbons (Fsp3) is 0.727. The Balaban J connectivity index is 2.14. The van der Waals surface area contributed by atoms with Crippen molar-refractivity contribution >= 4 is 0 Å². The molecular formula is C22H38O3. The fourth-order valence-electron chi connectivity index (χ4n) is 2.85. The highest BCUT2D eigenvalue weighted by atomic mass is 16.5. The molecule has 0 aliphatic carbocycles. The summed E-state index contributed by atoms with van der Waals surface area (Å²) in [7, 11) is 0. The van der Waals surface area contributed by atoms with Gasteiger partial charge in [-0.3, -0.25) is 0 Å². The van der Waals surface area contributed by atoms with Gasteiger partial charge in [-0.2, -0.15) is 0 Å². The van der Waals surface area contributed by atoms with E-state index in [4.69, 9.17) is 9.47 Å². The number of ether oxygens (including phenoxy) is 2. The smallest absolute Gasteiger partial charge is 0.161 e. The Labute approximate surface area is 154 Å². The molecule has 0 radical (unpaired) electrons. The van der Waals surface area contributed by atoms with Crippen LogP contribution in [0.15, 0.2) is 18.2 Å². The molecule has 3 heteroatoms. The summed E-state index contributed by atoms with van der Waals surface area (Å²) in [6.07, 6.45) is 14.9. The zero-order valence-corrected chi connectivity index (χ0v) is 16.4. The van der Waals surface area contributed by atoms with E-state index < -0.39 is 0 Å². The first kappa shape index (κ1) is 21.7. The highest BCUT2D eigenvalue weighted by Crippen LogP contribution is 2.30. The number of benzene rings is 1. The lowest BCUT2D eigenvalue weighted by Gasteiger charge is -2.11. The molecule has 0 spiro atoms. The zero-order chi connectivity index (χ0) is 18.2. The van der Waals surface area contributed by atoms with Crippen LogP contribution in [0.5, 0.6) is 17.2 Å². The summed E-state index contributed by atoms with van der Waals surface area (Å²) in [5.41, 5.74) is 0. The molecule has 0 bridgehead atoms. The van der Waals surface area contributed by atoms with E-state index in [0.717, 1.165) is 18.6 Å². The van der Waals surface area contributed by atoms with Crippen LogP contribution < -0.4 is 9.47 Å². The van der Waals surface area contributed by atoms with Gasteiger partial charge in [-0.05, 0) is 25.0 Å². The molecule has 144 valence electrons. The van der Waals surface area contributed by atoms with Gasteiger partial charge in [-0.15, -0.1) is 0 Å². The van der Waals surface area contributed by atoms with Gasteiger partial charge in [0, 0.05) is 6.07 Å². The summed E-state index contributed by atoms with van der Waals surface area (Å²) >= 11 is 0. The third kappa shape index (κ3) is 11.0. The SMILES string of the molecule is CCCCCCCCOc1ccc(OCCCCCCCC)c(O)c1. The standard InChI is InChI=1S/C22H38O3/c1-3-5-7-9-11-13-17-24-20-15-16-22(21(23)19-20)25-18-14-12-10-8-6-4-2/h15-16,19,23H,3-14,17-18H2,1-2H3. The van der Waals surface area contributed by atoms with E-state index in [1.54, 1.807) is 6.07 Å². The van der Waals surface area contributed by atoms with Crippen LogP contribution in [0.2, 0.25) is 0 Å². The molecule has 1 aromatic carbocycles. The van der Waals surface area contributed by atoms with Gasteiger partial charge in [0.05, 0.1) is 13.2 Å². The van der Waals surface area contributed by atoms with Gasteiger partial charge in [-0.25, -0.2) is 0 Å². The fourth-order valence-corrected chi connectivity index (χ4v) is 2.85. The molecule has 0 aromatic heterocycles. The topological polar surface area (TPSA) is 38.7 Å². The summed E-state index contributed by atoms with van der Waals surface area (Å²) in [5, 5.41) is 10.1. The van der Waals surface area contributed by atoms with E-state index in [0.29, 0.717) is 19.0 Å². The van der Waals surface area contributed by atoms with E-state index in [9.17, 15) is 5.11 Å². The van der Waals surface area contributed by atoms with Gasteiger partial charge in [0.25, 0.3) is 0 Å². The van der Waals surface area contributed by atoms with Crippen LogP contribution >= 0.6 is 0 Å². The lowest BCUT2D eigenvalue weighted by atomic mass is 10.1. The molecule has 3 nitrogen and oxygen atoms in total. The number of phenolic OH excluding ortho intramolecular Hbond substituents is 1. The highest BCUT2D eigenvalue weighted by Gasteiger charge is 2.05. The first-order chi connectivity index (χ1) is 12.3. The van der Waals surface area contributed by atoms with Gasteiger partial charge in [-0.1, -0.05) is 78.1 Å². The first-order valence-electron chi connectivity index (χ1n) is 10.4. The highest BCUT2D eigenvalue weighted by molar-refractivity contribution is 5.44. The predicted octanol–water partition coefficient (Wildman–Crippen LogP) is 6.87. The van der Waals surface area contributed by atoms with Crippen molar-refractivity contribution in [1.82, 2.24) is 0 Å². The quantitative estimate of drug-likeness (QED) is 0.331. The minimum absolute atomic E-state index is 0.173. The largest absolute Gasteiger partial charge is 0.504 e. The van der Waals surface area contributed by atoms with Crippen LogP contribution in [0.25, 0.3) is 0 Å². The molecule has 0 atom stereocenters. The van der Waals surface area contributed by atoms with Gasteiger partial charge < -0.3 is 14.6 Å². The van der Waals surface area contributed by atoms with Gasteiger partial charge in [0.2, 0.25) is 0 Å². The molecule has 0 heterocycles. The van der Waals surface area contributed by atoms with E-state index in [-0.39, 0.29) is 5.75 Å². The Morgan fingerprint density at radius 2 is 1.20 bits per heavy atom. The second kappa shape index (κ2) is 14.9. The molecule has 25 heavy (non-hydrogen) atoms. The molecule has 0 aliphatic heterocycles. The van der Waals surface area contributed by atoms with Crippen LogP contribution in [0.4, 0.5) is 0 Å². The third-order valence-corrected chi connectivity index (χ3v) is 4.45. The van der Waals surface area contributed by atoms with E-state index >= 15 is 0 Å². The van der Waals surface area contributed by atoms with Crippen molar-refractivity contribution in [2.24, 2.45) is 0 Å². The van der Waals surface area contributed by atoms with Crippen LogP contribution in [-0.4, -0.2) is 18.3 Å². The maximum Gasteiger partial charge on any atom is 0.161 e. The number of phenols is 1. The molecule has 1 rings (SSSR count). The van der Waals surface area contributed by atoms with Gasteiger partial charge >= 0.3 is 0 Å². The zero-order valence-electron chi connectivity index (χ0n) is 16.4. The van der Waals surface area contributed by atoms with Crippen molar-refractivity contribution in [2.75, 3.05) is 13.2 Å². The third-order valence-electron chi connectivity index (χ3n) is 4.45. The molecule has 0 unspecified atom stereocenters. The Bertz CT molecular complexity index is 431. The predicted molar refractivity (Wildman–Crippen MR) is 106 cm³/mol. The lowest BCUT2D eigenvalue weighted by molar-refractivity contribution is 0.282. The maximum absolute atomic E-state index is 10.1. The maximum atomic E-state index is 10.1. The Hall–Kier alpha value is -1.38. The summed E-state index contributed by atoms with van der Waals surface area (Å²) in [6.45, 7) is 5.84. The van der Waals surface area contributed by atoms with Crippen LogP contribution in [-0.2, 0) is 0 Å². The normalized spacial score (nSPS) is 10.8.